The quantitative estimate of drug-likeness (QED) is 0.791. The van der Waals surface area contributed by atoms with Crippen molar-refractivity contribution in [1.82, 2.24) is 10.2 Å². The van der Waals surface area contributed by atoms with Gasteiger partial charge in [0.05, 0.1) is 0 Å². The fourth-order valence-corrected chi connectivity index (χ4v) is 1.81. The van der Waals surface area contributed by atoms with Crippen molar-refractivity contribution in [1.29, 1.82) is 0 Å². The van der Waals surface area contributed by atoms with Crippen molar-refractivity contribution >= 4 is 12.0 Å². The Balaban J connectivity index is 2.77. The van der Waals surface area contributed by atoms with E-state index in [1.54, 1.807) is 18.9 Å². The summed E-state index contributed by atoms with van der Waals surface area (Å²) in [5.41, 5.74) is -1.43. The Morgan fingerprint density at radius 2 is 1.83 bits per heavy atom. The summed E-state index contributed by atoms with van der Waals surface area (Å²) in [6.07, 6.45) is 2.54. The summed E-state index contributed by atoms with van der Waals surface area (Å²) < 4.78 is 0. The van der Waals surface area contributed by atoms with E-state index in [9.17, 15) is 14.7 Å². The zero-order chi connectivity index (χ0) is 14.1. The van der Waals surface area contributed by atoms with Gasteiger partial charge in [-0.1, -0.05) is 6.92 Å². The van der Waals surface area contributed by atoms with E-state index in [1.807, 2.05) is 20.8 Å². The van der Waals surface area contributed by atoms with Gasteiger partial charge in [-0.15, -0.1) is 0 Å². The smallest absolute Gasteiger partial charge is 0.329 e. The van der Waals surface area contributed by atoms with Gasteiger partial charge in [-0.3, -0.25) is 0 Å². The Kier molecular flexibility index (Phi) is 3.93. The van der Waals surface area contributed by atoms with Gasteiger partial charge in [-0.05, 0) is 46.0 Å². The molecule has 2 amide bonds. The molecule has 1 aliphatic carbocycles. The highest BCUT2D eigenvalue weighted by atomic mass is 16.4. The van der Waals surface area contributed by atoms with E-state index in [-0.39, 0.29) is 17.5 Å². The van der Waals surface area contributed by atoms with Crippen molar-refractivity contribution in [2.24, 2.45) is 5.92 Å². The molecule has 1 unspecified atom stereocenters. The number of aliphatic carboxylic acids is 1. The Morgan fingerprint density at radius 3 is 2.17 bits per heavy atom. The maximum atomic E-state index is 12.2. The first kappa shape index (κ1) is 14.8. The van der Waals surface area contributed by atoms with Gasteiger partial charge in [0.15, 0.2) is 0 Å². The summed E-state index contributed by atoms with van der Waals surface area (Å²) in [7, 11) is 1.70. The van der Waals surface area contributed by atoms with E-state index in [4.69, 9.17) is 0 Å². The fourth-order valence-electron chi connectivity index (χ4n) is 1.81. The van der Waals surface area contributed by atoms with Crippen molar-refractivity contribution in [3.63, 3.8) is 0 Å². The van der Waals surface area contributed by atoms with Crippen LogP contribution in [0.25, 0.3) is 0 Å². The van der Waals surface area contributed by atoms with Crippen LogP contribution in [-0.4, -0.2) is 40.1 Å². The number of nitrogens with zero attached hydrogens (tertiary/aromatic N) is 1. The molecule has 1 rings (SSSR count). The van der Waals surface area contributed by atoms with Crippen LogP contribution < -0.4 is 5.32 Å². The zero-order valence-corrected chi connectivity index (χ0v) is 11.9. The molecule has 0 aromatic rings. The summed E-state index contributed by atoms with van der Waals surface area (Å²) in [5.74, 6) is -0.904. The number of hydrogen-bond donors (Lipinski definition) is 2. The van der Waals surface area contributed by atoms with E-state index in [2.05, 4.69) is 5.32 Å². The average molecular weight is 256 g/mol. The van der Waals surface area contributed by atoms with Gasteiger partial charge < -0.3 is 15.3 Å². The summed E-state index contributed by atoms with van der Waals surface area (Å²) >= 11 is 0. The molecule has 1 fully saturated rings. The molecular weight excluding hydrogens is 232 g/mol. The van der Waals surface area contributed by atoms with Crippen LogP contribution in [0.5, 0.6) is 0 Å². The van der Waals surface area contributed by atoms with Crippen LogP contribution in [0.3, 0.4) is 0 Å². The summed E-state index contributed by atoms with van der Waals surface area (Å²) in [6, 6.07) is -0.321. The maximum absolute atomic E-state index is 12.2. The minimum absolute atomic E-state index is 0.0529. The molecule has 18 heavy (non-hydrogen) atoms. The molecule has 104 valence electrons. The van der Waals surface area contributed by atoms with Crippen LogP contribution in [0.1, 0.15) is 47.0 Å². The van der Waals surface area contributed by atoms with Gasteiger partial charge in [0, 0.05) is 12.6 Å². The first-order valence-electron chi connectivity index (χ1n) is 6.44. The second kappa shape index (κ2) is 4.78. The minimum atomic E-state index is -1.14. The van der Waals surface area contributed by atoms with Crippen LogP contribution in [0.4, 0.5) is 4.79 Å². The Labute approximate surface area is 109 Å². The number of amides is 2. The third kappa shape index (κ3) is 2.76. The molecule has 5 heteroatoms. The minimum Gasteiger partial charge on any atom is -0.480 e. The van der Waals surface area contributed by atoms with E-state index < -0.39 is 11.5 Å². The predicted octanol–water partition coefficient (Wildman–Crippen LogP) is 2.07. The topological polar surface area (TPSA) is 69.6 Å². The SMILES string of the molecule is CCC(C)(C)N(C)C(=O)NC(C)(C(=O)O)C1CC1. The fraction of sp³-hybridized carbons (Fsp3) is 0.846. The molecule has 0 aromatic carbocycles. The molecule has 1 atom stereocenters. The summed E-state index contributed by atoms with van der Waals surface area (Å²) in [5, 5.41) is 12.0. The second-order valence-corrected chi connectivity index (χ2v) is 5.94. The normalized spacial score (nSPS) is 18.9. The first-order chi connectivity index (χ1) is 8.15. The molecule has 0 heterocycles. The van der Waals surface area contributed by atoms with Gasteiger partial charge in [-0.25, -0.2) is 9.59 Å². The van der Waals surface area contributed by atoms with Gasteiger partial charge in [0.25, 0.3) is 0 Å². The first-order valence-corrected chi connectivity index (χ1v) is 6.44. The average Bonchev–Trinajstić information content (AvgIpc) is 3.11. The number of carboxylic acid groups (broad SMARTS) is 1. The molecule has 1 aliphatic rings. The van der Waals surface area contributed by atoms with Crippen LogP contribution in [0.15, 0.2) is 0 Å². The van der Waals surface area contributed by atoms with E-state index in [1.165, 1.54) is 0 Å². The van der Waals surface area contributed by atoms with Gasteiger partial charge in [-0.2, -0.15) is 0 Å². The van der Waals surface area contributed by atoms with Crippen molar-refractivity contribution in [3.05, 3.63) is 0 Å². The third-order valence-corrected chi connectivity index (χ3v) is 4.28. The molecule has 0 spiro atoms. The molecule has 0 radical (unpaired) electrons. The lowest BCUT2D eigenvalue weighted by Gasteiger charge is -2.37. The van der Waals surface area contributed by atoms with Crippen LogP contribution >= 0.6 is 0 Å². The molecule has 1 saturated carbocycles. The lowest BCUT2D eigenvalue weighted by Crippen LogP contribution is -2.59. The molecule has 0 saturated heterocycles. The second-order valence-electron chi connectivity index (χ2n) is 5.94. The summed E-state index contributed by atoms with van der Waals surface area (Å²) in [4.78, 5) is 25.1. The van der Waals surface area contributed by atoms with E-state index in [0.717, 1.165) is 19.3 Å². The highest BCUT2D eigenvalue weighted by Gasteiger charge is 2.49. The van der Waals surface area contributed by atoms with E-state index in [0.29, 0.717) is 0 Å². The van der Waals surface area contributed by atoms with Crippen LogP contribution in [-0.2, 0) is 4.79 Å². The zero-order valence-electron chi connectivity index (χ0n) is 11.9. The number of nitrogens with one attached hydrogen (secondary N) is 1. The number of carbonyl (C=O) groups is 2. The molecule has 2 N–H and O–H groups in total. The molecule has 0 bridgehead atoms. The molecule has 5 nitrogen and oxygen atoms in total. The number of carbonyl (C=O) groups excluding carboxylic acids is 1. The van der Waals surface area contributed by atoms with Crippen molar-refractivity contribution in [3.8, 4) is 0 Å². The molecule has 0 aromatic heterocycles. The lowest BCUT2D eigenvalue weighted by atomic mass is 9.95. The third-order valence-electron chi connectivity index (χ3n) is 4.28. The number of urea groups is 1. The predicted molar refractivity (Wildman–Crippen MR) is 69.4 cm³/mol. The molecular formula is C13H24N2O3. The Hall–Kier alpha value is -1.26. The van der Waals surface area contributed by atoms with Crippen LogP contribution in [0, 0.1) is 5.92 Å². The van der Waals surface area contributed by atoms with Crippen LogP contribution in [0.2, 0.25) is 0 Å². The van der Waals surface area contributed by atoms with Gasteiger partial charge in [0.2, 0.25) is 0 Å². The molecule has 0 aliphatic heterocycles. The largest absolute Gasteiger partial charge is 0.480 e. The number of carboxylic acids is 1. The lowest BCUT2D eigenvalue weighted by molar-refractivity contribution is -0.144. The maximum Gasteiger partial charge on any atom is 0.329 e. The van der Waals surface area contributed by atoms with Gasteiger partial charge >= 0.3 is 12.0 Å². The number of hydrogen-bond acceptors (Lipinski definition) is 2. The number of rotatable bonds is 5. The summed E-state index contributed by atoms with van der Waals surface area (Å²) in [6.45, 7) is 7.52. The monoisotopic (exact) mass is 256 g/mol. The Bertz CT molecular complexity index is 350. The van der Waals surface area contributed by atoms with E-state index >= 15 is 0 Å². The standard InChI is InChI=1S/C13H24N2O3/c1-6-12(2,3)15(5)11(18)14-13(4,10(16)17)9-7-8-9/h9H,6-8H2,1-5H3,(H,14,18)(H,16,17). The van der Waals surface area contributed by atoms with Crippen molar-refractivity contribution < 1.29 is 14.7 Å². The highest BCUT2D eigenvalue weighted by molar-refractivity contribution is 5.86. The van der Waals surface area contributed by atoms with Crippen molar-refractivity contribution in [2.45, 2.75) is 58.0 Å². The van der Waals surface area contributed by atoms with Gasteiger partial charge in [0.1, 0.15) is 5.54 Å². The Morgan fingerprint density at radius 1 is 1.33 bits per heavy atom. The van der Waals surface area contributed by atoms with Crippen molar-refractivity contribution in [2.75, 3.05) is 7.05 Å². The highest BCUT2D eigenvalue weighted by Crippen LogP contribution is 2.40.